The largest absolute Gasteiger partial charge is 0.355 e. The molecule has 1 amide bonds. The summed E-state index contributed by atoms with van der Waals surface area (Å²) in [6.45, 7) is 5.89. The van der Waals surface area contributed by atoms with Crippen molar-refractivity contribution >= 4 is 45.7 Å². The number of carbonyl (C=O) groups excluding carboxylic acids is 1. The summed E-state index contributed by atoms with van der Waals surface area (Å²) in [6, 6.07) is 2.10. The van der Waals surface area contributed by atoms with Gasteiger partial charge in [0.05, 0.1) is 11.3 Å². The molecule has 5 rings (SSSR count). The van der Waals surface area contributed by atoms with E-state index in [0.29, 0.717) is 5.91 Å². The number of nitrogens with one attached hydrogen (secondary N) is 1. The van der Waals surface area contributed by atoms with E-state index < -0.39 is 0 Å². The molecule has 1 unspecified atom stereocenters. The lowest BCUT2D eigenvalue weighted by atomic mass is 9.92. The Morgan fingerprint density at radius 1 is 1.11 bits per heavy atom. The summed E-state index contributed by atoms with van der Waals surface area (Å²) in [5, 5.41) is 6.70. The molecule has 1 N–H and O–H groups in total. The number of fused-ring (bicyclic) bond motifs is 2. The second kappa shape index (κ2) is 8.51. The molecule has 3 fully saturated rings. The van der Waals surface area contributed by atoms with Gasteiger partial charge in [-0.25, -0.2) is 9.97 Å². The Balaban J connectivity index is 0.00000192. The SMILES string of the molecule is Cl.O=C(C1CCCN(c2ncnc3sccc23)C1)N1CC[C@@H]2CNC[C@@H]2CC1. The summed E-state index contributed by atoms with van der Waals surface area (Å²) in [7, 11) is 0. The van der Waals surface area contributed by atoms with Gasteiger partial charge in [-0.1, -0.05) is 0 Å². The number of halogens is 1. The van der Waals surface area contributed by atoms with Crippen LogP contribution in [0.3, 0.4) is 0 Å². The van der Waals surface area contributed by atoms with Crippen LogP contribution in [0.2, 0.25) is 0 Å². The number of hydrogen-bond donors (Lipinski definition) is 1. The van der Waals surface area contributed by atoms with Gasteiger partial charge < -0.3 is 15.1 Å². The van der Waals surface area contributed by atoms with Crippen molar-refractivity contribution in [1.82, 2.24) is 20.2 Å². The van der Waals surface area contributed by atoms with Crippen LogP contribution in [0.25, 0.3) is 10.2 Å². The number of amides is 1. The van der Waals surface area contributed by atoms with Crippen LogP contribution in [-0.4, -0.2) is 60.0 Å². The molecular formula is C20H28ClN5OS. The third-order valence-electron chi connectivity index (χ3n) is 6.64. The Kier molecular flexibility index (Phi) is 6.04. The predicted molar refractivity (Wildman–Crippen MR) is 115 cm³/mol. The maximum absolute atomic E-state index is 13.3. The summed E-state index contributed by atoms with van der Waals surface area (Å²) < 4.78 is 0. The summed E-state index contributed by atoms with van der Waals surface area (Å²) in [5.74, 6) is 2.98. The highest BCUT2D eigenvalue weighted by Crippen LogP contribution is 2.32. The number of aromatic nitrogens is 2. The molecule has 2 aromatic rings. The summed E-state index contributed by atoms with van der Waals surface area (Å²) >= 11 is 1.65. The fourth-order valence-electron chi connectivity index (χ4n) is 5.10. The molecular weight excluding hydrogens is 394 g/mol. The first-order valence-electron chi connectivity index (χ1n) is 10.2. The van der Waals surface area contributed by atoms with Crippen molar-refractivity contribution in [3.8, 4) is 0 Å². The minimum Gasteiger partial charge on any atom is -0.355 e. The van der Waals surface area contributed by atoms with E-state index in [1.54, 1.807) is 17.7 Å². The molecule has 0 radical (unpaired) electrons. The number of likely N-dealkylation sites (tertiary alicyclic amines) is 1. The van der Waals surface area contributed by atoms with Gasteiger partial charge in [0.25, 0.3) is 0 Å². The second-order valence-corrected chi connectivity index (χ2v) is 9.10. The fraction of sp³-hybridized carbons (Fsp3) is 0.650. The third-order valence-corrected chi connectivity index (χ3v) is 7.46. The average Bonchev–Trinajstić information content (AvgIpc) is 3.33. The van der Waals surface area contributed by atoms with Gasteiger partial charge in [-0.05, 0) is 62.1 Å². The number of thiophene rings is 1. The average molecular weight is 422 g/mol. The minimum absolute atomic E-state index is 0. The molecule has 8 heteroatoms. The van der Waals surface area contributed by atoms with Crippen molar-refractivity contribution in [2.24, 2.45) is 17.8 Å². The molecule has 5 heterocycles. The number of piperidine rings is 1. The Labute approximate surface area is 176 Å². The third kappa shape index (κ3) is 3.72. The van der Waals surface area contributed by atoms with E-state index in [4.69, 9.17) is 0 Å². The lowest BCUT2D eigenvalue weighted by molar-refractivity contribution is -0.135. The molecule has 152 valence electrons. The molecule has 0 spiro atoms. The van der Waals surface area contributed by atoms with Gasteiger partial charge in [-0.15, -0.1) is 23.7 Å². The minimum atomic E-state index is 0. The number of rotatable bonds is 2. The number of nitrogens with zero attached hydrogens (tertiary/aromatic N) is 4. The van der Waals surface area contributed by atoms with Crippen molar-refractivity contribution in [3.63, 3.8) is 0 Å². The van der Waals surface area contributed by atoms with Crippen LogP contribution in [0.4, 0.5) is 5.82 Å². The van der Waals surface area contributed by atoms with Crippen molar-refractivity contribution in [1.29, 1.82) is 0 Å². The number of anilines is 1. The Bertz CT molecular complexity index is 816. The standard InChI is InChI=1S/C20H27N5OS.ClH/c26-20(24-7-3-14-10-21-11-15(14)4-8-24)16-2-1-6-25(12-16)18-17-5-9-27-19(17)23-13-22-18;/h5,9,13-16,21H,1-4,6-8,10-12H2;1H/t14-,15+,16?;. The second-order valence-electron chi connectivity index (χ2n) is 8.20. The fourth-order valence-corrected chi connectivity index (χ4v) is 5.82. The van der Waals surface area contributed by atoms with Gasteiger partial charge in [-0.2, -0.15) is 0 Å². The van der Waals surface area contributed by atoms with Crippen LogP contribution in [-0.2, 0) is 4.79 Å². The van der Waals surface area contributed by atoms with Crippen molar-refractivity contribution in [2.45, 2.75) is 25.7 Å². The van der Waals surface area contributed by atoms with Crippen LogP contribution < -0.4 is 10.2 Å². The van der Waals surface area contributed by atoms with Crippen molar-refractivity contribution in [2.75, 3.05) is 44.2 Å². The van der Waals surface area contributed by atoms with E-state index in [2.05, 4.69) is 36.5 Å². The van der Waals surface area contributed by atoms with Crippen LogP contribution in [0.15, 0.2) is 17.8 Å². The molecule has 0 saturated carbocycles. The molecule has 2 aromatic heterocycles. The highest BCUT2D eigenvalue weighted by atomic mass is 35.5. The highest BCUT2D eigenvalue weighted by Gasteiger charge is 2.35. The lowest BCUT2D eigenvalue weighted by Gasteiger charge is -2.35. The summed E-state index contributed by atoms with van der Waals surface area (Å²) in [4.78, 5) is 27.7. The van der Waals surface area contributed by atoms with Gasteiger partial charge >= 0.3 is 0 Å². The van der Waals surface area contributed by atoms with E-state index in [1.165, 1.54) is 0 Å². The maximum Gasteiger partial charge on any atom is 0.227 e. The normalized spacial score (nSPS) is 27.9. The first kappa shape index (κ1) is 19.9. The van der Waals surface area contributed by atoms with Crippen molar-refractivity contribution in [3.05, 3.63) is 17.8 Å². The topological polar surface area (TPSA) is 61.4 Å². The zero-order chi connectivity index (χ0) is 18.2. The van der Waals surface area contributed by atoms with Crippen LogP contribution >= 0.6 is 23.7 Å². The zero-order valence-electron chi connectivity index (χ0n) is 16.0. The molecule has 6 nitrogen and oxygen atoms in total. The smallest absolute Gasteiger partial charge is 0.227 e. The Morgan fingerprint density at radius 3 is 2.68 bits per heavy atom. The van der Waals surface area contributed by atoms with Crippen LogP contribution in [0, 0.1) is 17.8 Å². The summed E-state index contributed by atoms with van der Waals surface area (Å²) in [6.07, 6.45) is 6.01. The molecule has 0 bridgehead atoms. The molecule has 0 aromatic carbocycles. The van der Waals surface area contributed by atoms with E-state index >= 15 is 0 Å². The van der Waals surface area contributed by atoms with Crippen LogP contribution in [0.5, 0.6) is 0 Å². The number of hydrogen-bond acceptors (Lipinski definition) is 6. The first-order chi connectivity index (χ1) is 13.3. The van der Waals surface area contributed by atoms with Crippen LogP contribution in [0.1, 0.15) is 25.7 Å². The number of carbonyl (C=O) groups is 1. The Hall–Kier alpha value is -1.44. The van der Waals surface area contributed by atoms with E-state index in [0.717, 1.165) is 92.8 Å². The van der Waals surface area contributed by atoms with Crippen molar-refractivity contribution < 1.29 is 4.79 Å². The summed E-state index contributed by atoms with van der Waals surface area (Å²) in [5.41, 5.74) is 0. The van der Waals surface area contributed by atoms with Gasteiger partial charge in [0.1, 0.15) is 17.0 Å². The first-order valence-corrected chi connectivity index (χ1v) is 11.1. The molecule has 0 aliphatic carbocycles. The molecule has 28 heavy (non-hydrogen) atoms. The van der Waals surface area contributed by atoms with E-state index in [-0.39, 0.29) is 18.3 Å². The monoisotopic (exact) mass is 421 g/mol. The van der Waals surface area contributed by atoms with Gasteiger partial charge in [0.15, 0.2) is 0 Å². The van der Waals surface area contributed by atoms with E-state index in [9.17, 15) is 4.79 Å². The van der Waals surface area contributed by atoms with E-state index in [1.807, 2.05) is 0 Å². The molecule has 3 saturated heterocycles. The Morgan fingerprint density at radius 2 is 1.89 bits per heavy atom. The molecule has 3 atom stereocenters. The van der Waals surface area contributed by atoms with Gasteiger partial charge in [-0.3, -0.25) is 4.79 Å². The molecule has 3 aliphatic rings. The maximum atomic E-state index is 13.3. The zero-order valence-corrected chi connectivity index (χ0v) is 17.7. The predicted octanol–water partition coefficient (Wildman–Crippen LogP) is 2.79. The van der Waals surface area contributed by atoms with Gasteiger partial charge in [0, 0.05) is 26.2 Å². The quantitative estimate of drug-likeness (QED) is 0.807. The van der Waals surface area contributed by atoms with Gasteiger partial charge in [0.2, 0.25) is 5.91 Å². The molecule has 3 aliphatic heterocycles. The highest BCUT2D eigenvalue weighted by molar-refractivity contribution is 7.16. The lowest BCUT2D eigenvalue weighted by Crippen LogP contribution is -2.45.